The molecule has 0 radical (unpaired) electrons. The number of hydrogen-bond donors (Lipinski definition) is 1. The van der Waals surface area contributed by atoms with E-state index in [0.29, 0.717) is 0 Å². The summed E-state index contributed by atoms with van der Waals surface area (Å²) in [5.41, 5.74) is 0. The van der Waals surface area contributed by atoms with Gasteiger partial charge in [-0.15, -0.1) is 0 Å². The summed E-state index contributed by atoms with van der Waals surface area (Å²) in [7, 11) is 0. The van der Waals surface area contributed by atoms with Gasteiger partial charge in [-0.25, -0.2) is 0 Å². The summed E-state index contributed by atoms with van der Waals surface area (Å²) in [6.45, 7) is 7.49. The van der Waals surface area contributed by atoms with E-state index >= 15 is 0 Å². The highest BCUT2D eigenvalue weighted by molar-refractivity contribution is 7.99. The molecule has 2 saturated heterocycles. The highest BCUT2D eigenvalue weighted by Gasteiger charge is 2.21. The molecule has 2 aliphatic heterocycles. The monoisotopic (exact) mass is 242 g/mol. The van der Waals surface area contributed by atoms with Gasteiger partial charge in [0.15, 0.2) is 0 Å². The molecular formula is C13H26N2S. The Labute approximate surface area is 105 Å². The third-order valence-electron chi connectivity index (χ3n) is 3.88. The van der Waals surface area contributed by atoms with Crippen LogP contribution in [-0.2, 0) is 0 Å². The van der Waals surface area contributed by atoms with Gasteiger partial charge < -0.3 is 10.2 Å². The normalized spacial score (nSPS) is 29.4. The molecular weight excluding hydrogens is 216 g/mol. The predicted octanol–water partition coefficient (Wildman–Crippen LogP) is 2.20. The van der Waals surface area contributed by atoms with Crippen LogP contribution in [0.15, 0.2) is 0 Å². The van der Waals surface area contributed by atoms with Crippen LogP contribution in [0.4, 0.5) is 0 Å². The van der Waals surface area contributed by atoms with Gasteiger partial charge >= 0.3 is 0 Å². The molecule has 3 heteroatoms. The van der Waals surface area contributed by atoms with Crippen LogP contribution in [0, 0.1) is 5.92 Å². The van der Waals surface area contributed by atoms with E-state index in [9.17, 15) is 0 Å². The van der Waals surface area contributed by atoms with E-state index in [2.05, 4.69) is 28.9 Å². The summed E-state index contributed by atoms with van der Waals surface area (Å²) in [5.74, 6) is 3.64. The van der Waals surface area contributed by atoms with Crippen LogP contribution in [-0.4, -0.2) is 48.6 Å². The van der Waals surface area contributed by atoms with E-state index in [0.717, 1.165) is 12.0 Å². The van der Waals surface area contributed by atoms with Gasteiger partial charge in [0, 0.05) is 30.6 Å². The van der Waals surface area contributed by atoms with Crippen molar-refractivity contribution < 1.29 is 0 Å². The number of nitrogens with one attached hydrogen (secondary N) is 1. The molecule has 0 bridgehead atoms. The van der Waals surface area contributed by atoms with Crippen molar-refractivity contribution in [1.82, 2.24) is 10.2 Å². The van der Waals surface area contributed by atoms with Crippen LogP contribution in [0.1, 0.15) is 32.6 Å². The van der Waals surface area contributed by atoms with Crippen molar-refractivity contribution in [3.05, 3.63) is 0 Å². The van der Waals surface area contributed by atoms with E-state index in [4.69, 9.17) is 0 Å². The van der Waals surface area contributed by atoms with Crippen LogP contribution in [0.2, 0.25) is 0 Å². The SMILES string of the molecule is CCCC1CCN(CC2CSCCN2)CC1. The van der Waals surface area contributed by atoms with Gasteiger partial charge in [0.05, 0.1) is 0 Å². The van der Waals surface area contributed by atoms with Gasteiger partial charge in [-0.2, -0.15) is 11.8 Å². The first-order valence-electron chi connectivity index (χ1n) is 6.92. The van der Waals surface area contributed by atoms with E-state index in [1.807, 2.05) is 0 Å². The second kappa shape index (κ2) is 6.87. The maximum atomic E-state index is 3.64. The molecule has 0 spiro atoms. The molecule has 94 valence electrons. The van der Waals surface area contributed by atoms with E-state index in [-0.39, 0.29) is 0 Å². The molecule has 0 saturated carbocycles. The number of nitrogens with zero attached hydrogens (tertiary/aromatic N) is 1. The quantitative estimate of drug-likeness (QED) is 0.814. The zero-order valence-electron chi connectivity index (χ0n) is 10.6. The minimum atomic E-state index is 0.751. The first kappa shape index (κ1) is 12.7. The standard InChI is InChI=1S/C13H26N2S/c1-2-3-12-4-7-15(8-5-12)10-13-11-16-9-6-14-13/h12-14H,2-11H2,1H3. The number of likely N-dealkylation sites (tertiary alicyclic amines) is 1. The van der Waals surface area contributed by atoms with E-state index in [1.165, 1.54) is 63.4 Å². The fourth-order valence-electron chi connectivity index (χ4n) is 2.91. The first-order valence-corrected chi connectivity index (χ1v) is 8.07. The summed E-state index contributed by atoms with van der Waals surface area (Å²) in [6, 6.07) is 0.751. The van der Waals surface area contributed by atoms with Crippen molar-refractivity contribution in [2.45, 2.75) is 38.6 Å². The fourth-order valence-corrected chi connectivity index (χ4v) is 3.85. The minimum Gasteiger partial charge on any atom is -0.311 e. The number of thioether (sulfide) groups is 1. The Hall–Kier alpha value is 0.270. The largest absolute Gasteiger partial charge is 0.311 e. The van der Waals surface area contributed by atoms with Crippen LogP contribution in [0.3, 0.4) is 0 Å². The Balaban J connectivity index is 1.64. The van der Waals surface area contributed by atoms with Crippen molar-refractivity contribution >= 4 is 11.8 Å². The molecule has 0 aromatic carbocycles. The van der Waals surface area contributed by atoms with Crippen LogP contribution in [0.25, 0.3) is 0 Å². The minimum absolute atomic E-state index is 0.751. The Morgan fingerprint density at radius 3 is 2.75 bits per heavy atom. The number of piperidine rings is 1. The fraction of sp³-hybridized carbons (Fsp3) is 1.00. The second-order valence-electron chi connectivity index (χ2n) is 5.26. The number of hydrogen-bond acceptors (Lipinski definition) is 3. The van der Waals surface area contributed by atoms with Crippen LogP contribution >= 0.6 is 11.8 Å². The van der Waals surface area contributed by atoms with Gasteiger partial charge in [-0.1, -0.05) is 19.8 Å². The third-order valence-corrected chi connectivity index (χ3v) is 5.01. The number of rotatable bonds is 4. The topological polar surface area (TPSA) is 15.3 Å². The lowest BCUT2D eigenvalue weighted by Gasteiger charge is -2.35. The molecule has 1 unspecified atom stereocenters. The Bertz CT molecular complexity index is 184. The van der Waals surface area contributed by atoms with Crippen LogP contribution < -0.4 is 5.32 Å². The highest BCUT2D eigenvalue weighted by Crippen LogP contribution is 2.22. The van der Waals surface area contributed by atoms with Gasteiger partial charge in [-0.3, -0.25) is 0 Å². The summed E-state index contributed by atoms with van der Waals surface area (Å²) in [4.78, 5) is 2.68. The smallest absolute Gasteiger partial charge is 0.0285 e. The van der Waals surface area contributed by atoms with Crippen molar-refractivity contribution in [2.75, 3.05) is 37.7 Å². The molecule has 2 heterocycles. The molecule has 0 aromatic heterocycles. The second-order valence-corrected chi connectivity index (χ2v) is 6.41. The summed E-state index contributed by atoms with van der Waals surface area (Å²) >= 11 is 2.11. The predicted molar refractivity (Wildman–Crippen MR) is 73.2 cm³/mol. The Morgan fingerprint density at radius 1 is 1.31 bits per heavy atom. The lowest BCUT2D eigenvalue weighted by Crippen LogP contribution is -2.47. The van der Waals surface area contributed by atoms with Crippen molar-refractivity contribution in [2.24, 2.45) is 5.92 Å². The summed E-state index contributed by atoms with van der Waals surface area (Å²) in [6.07, 6.45) is 5.69. The average molecular weight is 242 g/mol. The molecule has 2 rings (SSSR count). The molecule has 2 fully saturated rings. The molecule has 16 heavy (non-hydrogen) atoms. The maximum Gasteiger partial charge on any atom is 0.0285 e. The lowest BCUT2D eigenvalue weighted by atomic mass is 9.92. The van der Waals surface area contributed by atoms with E-state index < -0.39 is 0 Å². The Morgan fingerprint density at radius 2 is 2.12 bits per heavy atom. The average Bonchev–Trinajstić information content (AvgIpc) is 2.33. The highest BCUT2D eigenvalue weighted by atomic mass is 32.2. The Kier molecular flexibility index (Phi) is 5.46. The molecule has 2 aliphatic rings. The molecule has 1 atom stereocenters. The molecule has 0 aromatic rings. The first-order chi connectivity index (χ1) is 7.88. The van der Waals surface area contributed by atoms with Gasteiger partial charge in [0.25, 0.3) is 0 Å². The molecule has 1 N–H and O–H groups in total. The lowest BCUT2D eigenvalue weighted by molar-refractivity contribution is 0.166. The summed E-state index contributed by atoms with van der Waals surface area (Å²) < 4.78 is 0. The molecule has 0 amide bonds. The van der Waals surface area contributed by atoms with Crippen molar-refractivity contribution in [3.8, 4) is 0 Å². The third kappa shape index (κ3) is 3.94. The van der Waals surface area contributed by atoms with Gasteiger partial charge in [-0.05, 0) is 31.8 Å². The van der Waals surface area contributed by atoms with Crippen LogP contribution in [0.5, 0.6) is 0 Å². The van der Waals surface area contributed by atoms with Crippen molar-refractivity contribution in [1.29, 1.82) is 0 Å². The van der Waals surface area contributed by atoms with Gasteiger partial charge in [0.2, 0.25) is 0 Å². The van der Waals surface area contributed by atoms with Crippen molar-refractivity contribution in [3.63, 3.8) is 0 Å². The zero-order valence-corrected chi connectivity index (χ0v) is 11.4. The van der Waals surface area contributed by atoms with E-state index in [1.54, 1.807) is 0 Å². The molecule has 0 aliphatic carbocycles. The summed E-state index contributed by atoms with van der Waals surface area (Å²) in [5, 5.41) is 3.64. The maximum absolute atomic E-state index is 3.64. The molecule has 2 nitrogen and oxygen atoms in total. The zero-order chi connectivity index (χ0) is 11.2. The van der Waals surface area contributed by atoms with Gasteiger partial charge in [0.1, 0.15) is 0 Å².